The highest BCUT2D eigenvalue weighted by Gasteiger charge is 2.21. The average Bonchev–Trinajstić information content (AvgIpc) is 2.94. The Morgan fingerprint density at radius 1 is 1.28 bits per heavy atom. The van der Waals surface area contributed by atoms with E-state index in [0.29, 0.717) is 10.6 Å². The van der Waals surface area contributed by atoms with Gasteiger partial charge in [0.15, 0.2) is 5.76 Å². The molecule has 0 spiro atoms. The number of rotatable bonds is 3. The number of nitrogens with zero attached hydrogens (tertiary/aromatic N) is 1. The van der Waals surface area contributed by atoms with E-state index in [1.54, 1.807) is 6.92 Å². The van der Waals surface area contributed by atoms with Gasteiger partial charge in [-0.1, -0.05) is 0 Å². The summed E-state index contributed by atoms with van der Waals surface area (Å²) < 4.78 is 9.68. The first kappa shape index (κ1) is 12.5. The van der Waals surface area contributed by atoms with Gasteiger partial charge in [0, 0.05) is 0 Å². The van der Waals surface area contributed by atoms with E-state index in [2.05, 4.69) is 9.72 Å². The van der Waals surface area contributed by atoms with Crippen molar-refractivity contribution < 1.29 is 18.7 Å². The highest BCUT2D eigenvalue weighted by atomic mass is 32.1. The second-order valence-electron chi connectivity index (χ2n) is 3.63. The van der Waals surface area contributed by atoms with Gasteiger partial charge in [-0.05, 0) is 26.0 Å². The van der Waals surface area contributed by atoms with Crippen molar-refractivity contribution in [1.82, 2.24) is 4.98 Å². The molecule has 0 saturated carbocycles. The molecule has 0 unspecified atom stereocenters. The molecule has 18 heavy (non-hydrogen) atoms. The molecule has 0 aromatic carbocycles. The van der Waals surface area contributed by atoms with Crippen LogP contribution in [-0.4, -0.2) is 23.8 Å². The van der Waals surface area contributed by atoms with Gasteiger partial charge >= 0.3 is 5.97 Å². The average molecular weight is 265 g/mol. The summed E-state index contributed by atoms with van der Waals surface area (Å²) in [4.78, 5) is 28.1. The molecule has 2 rings (SSSR count). The number of methoxy groups -OCH3 is 1. The fourth-order valence-electron chi connectivity index (χ4n) is 1.52. The molecule has 0 bridgehead atoms. The standard InChI is InChI=1S/C12H11NO4S/c1-6-11(18-7(2)13-6)10(14)8-4-5-9(17-8)12(15)16-3/h4-5H,1-3H3. The Balaban J connectivity index is 2.32. The molecular formula is C12H11NO4S. The zero-order valence-corrected chi connectivity index (χ0v) is 11.0. The van der Waals surface area contributed by atoms with E-state index >= 15 is 0 Å². The third-order valence-electron chi connectivity index (χ3n) is 2.33. The number of aryl methyl sites for hydroxylation is 2. The molecule has 0 atom stereocenters. The number of ketones is 1. The van der Waals surface area contributed by atoms with E-state index in [4.69, 9.17) is 4.42 Å². The van der Waals surface area contributed by atoms with Gasteiger partial charge in [-0.2, -0.15) is 0 Å². The lowest BCUT2D eigenvalue weighted by Gasteiger charge is -1.95. The van der Waals surface area contributed by atoms with Gasteiger partial charge in [0.1, 0.15) is 4.88 Å². The maximum absolute atomic E-state index is 12.1. The van der Waals surface area contributed by atoms with Crippen LogP contribution < -0.4 is 0 Å². The summed E-state index contributed by atoms with van der Waals surface area (Å²) in [7, 11) is 1.25. The quantitative estimate of drug-likeness (QED) is 0.629. The molecule has 5 nitrogen and oxygen atoms in total. The molecule has 94 valence electrons. The van der Waals surface area contributed by atoms with E-state index in [1.165, 1.54) is 30.6 Å². The van der Waals surface area contributed by atoms with Crippen LogP contribution in [-0.2, 0) is 4.74 Å². The van der Waals surface area contributed by atoms with E-state index in [-0.39, 0.29) is 17.3 Å². The minimum Gasteiger partial charge on any atom is -0.463 e. The van der Waals surface area contributed by atoms with Gasteiger partial charge in [-0.15, -0.1) is 11.3 Å². The van der Waals surface area contributed by atoms with Crippen molar-refractivity contribution in [3.8, 4) is 0 Å². The number of thiazole rings is 1. The fraction of sp³-hybridized carbons (Fsp3) is 0.250. The largest absolute Gasteiger partial charge is 0.463 e. The van der Waals surface area contributed by atoms with Crippen LogP contribution in [0, 0.1) is 13.8 Å². The Hall–Kier alpha value is -1.95. The molecule has 6 heteroatoms. The molecule has 2 aromatic heterocycles. The Morgan fingerprint density at radius 2 is 1.94 bits per heavy atom. The van der Waals surface area contributed by atoms with E-state index < -0.39 is 5.97 Å². The van der Waals surface area contributed by atoms with Crippen molar-refractivity contribution in [2.45, 2.75) is 13.8 Å². The first-order chi connectivity index (χ1) is 8.52. The van der Waals surface area contributed by atoms with Crippen LogP contribution in [0.15, 0.2) is 16.5 Å². The van der Waals surface area contributed by atoms with Crippen LogP contribution in [0.1, 0.15) is 36.7 Å². The number of furan rings is 1. The van der Waals surface area contributed by atoms with E-state index in [0.717, 1.165) is 5.01 Å². The third-order valence-corrected chi connectivity index (χ3v) is 3.40. The third kappa shape index (κ3) is 2.19. The minimum atomic E-state index is -0.605. The Bertz CT molecular complexity index is 611. The summed E-state index contributed by atoms with van der Waals surface area (Å²) in [6.07, 6.45) is 0. The van der Waals surface area contributed by atoms with Crippen LogP contribution >= 0.6 is 11.3 Å². The molecule has 0 aliphatic rings. The topological polar surface area (TPSA) is 69.4 Å². The van der Waals surface area contributed by atoms with Crippen molar-refractivity contribution in [2.24, 2.45) is 0 Å². The van der Waals surface area contributed by atoms with Crippen molar-refractivity contribution in [3.05, 3.63) is 39.2 Å². The van der Waals surface area contributed by atoms with Crippen LogP contribution in [0.25, 0.3) is 0 Å². The normalized spacial score (nSPS) is 10.4. The van der Waals surface area contributed by atoms with Gasteiger partial charge in [0.05, 0.1) is 17.8 Å². The first-order valence-electron chi connectivity index (χ1n) is 5.20. The SMILES string of the molecule is COC(=O)c1ccc(C(=O)c2sc(C)nc2C)o1. The fourth-order valence-corrected chi connectivity index (χ4v) is 2.39. The van der Waals surface area contributed by atoms with E-state index in [1.807, 2.05) is 6.92 Å². The van der Waals surface area contributed by atoms with Gasteiger partial charge in [0.2, 0.25) is 11.5 Å². The van der Waals surface area contributed by atoms with Gasteiger partial charge in [-0.3, -0.25) is 4.79 Å². The second-order valence-corrected chi connectivity index (χ2v) is 4.84. The van der Waals surface area contributed by atoms with Crippen LogP contribution in [0.3, 0.4) is 0 Å². The lowest BCUT2D eigenvalue weighted by Crippen LogP contribution is -2.01. The molecule has 2 heterocycles. The number of hydrogen-bond acceptors (Lipinski definition) is 6. The number of esters is 1. The lowest BCUT2D eigenvalue weighted by atomic mass is 10.2. The van der Waals surface area contributed by atoms with Crippen LogP contribution in [0.2, 0.25) is 0 Å². The number of carbonyl (C=O) groups is 2. The Morgan fingerprint density at radius 3 is 2.50 bits per heavy atom. The molecule has 0 saturated heterocycles. The summed E-state index contributed by atoms with van der Waals surface area (Å²) in [6.45, 7) is 3.59. The molecule has 0 amide bonds. The molecule has 0 radical (unpaired) electrons. The van der Waals surface area contributed by atoms with Crippen LogP contribution in [0.5, 0.6) is 0 Å². The van der Waals surface area contributed by atoms with Crippen molar-refractivity contribution in [1.29, 1.82) is 0 Å². The molecule has 0 N–H and O–H groups in total. The van der Waals surface area contributed by atoms with Gasteiger partial charge < -0.3 is 9.15 Å². The summed E-state index contributed by atoms with van der Waals surface area (Å²) in [5.41, 5.74) is 0.665. The Kier molecular flexibility index (Phi) is 3.29. The number of aromatic nitrogens is 1. The van der Waals surface area contributed by atoms with Crippen molar-refractivity contribution in [3.63, 3.8) is 0 Å². The van der Waals surface area contributed by atoms with Gasteiger partial charge in [-0.25, -0.2) is 9.78 Å². The summed E-state index contributed by atoms with van der Waals surface area (Å²) in [5.74, 6) is -0.749. The smallest absolute Gasteiger partial charge is 0.373 e. The van der Waals surface area contributed by atoms with E-state index in [9.17, 15) is 9.59 Å². The maximum atomic E-state index is 12.1. The summed E-state index contributed by atoms with van der Waals surface area (Å²) in [6, 6.07) is 2.88. The molecule has 0 fully saturated rings. The molecule has 2 aromatic rings. The lowest BCUT2D eigenvalue weighted by molar-refractivity contribution is 0.0563. The Labute approximate surface area is 107 Å². The maximum Gasteiger partial charge on any atom is 0.373 e. The first-order valence-corrected chi connectivity index (χ1v) is 6.01. The summed E-state index contributed by atoms with van der Waals surface area (Å²) >= 11 is 1.30. The van der Waals surface area contributed by atoms with Crippen LogP contribution in [0.4, 0.5) is 0 Å². The summed E-state index contributed by atoms with van der Waals surface area (Å²) in [5, 5.41) is 0.815. The molecule has 0 aliphatic carbocycles. The van der Waals surface area contributed by atoms with Gasteiger partial charge in [0.25, 0.3) is 0 Å². The monoisotopic (exact) mass is 265 g/mol. The highest BCUT2D eigenvalue weighted by Crippen LogP contribution is 2.22. The van der Waals surface area contributed by atoms with Crippen molar-refractivity contribution >= 4 is 23.1 Å². The van der Waals surface area contributed by atoms with Crippen molar-refractivity contribution in [2.75, 3.05) is 7.11 Å². The highest BCUT2D eigenvalue weighted by molar-refractivity contribution is 7.13. The minimum absolute atomic E-state index is 0.0136. The number of ether oxygens (including phenoxy) is 1. The molecule has 0 aliphatic heterocycles. The molecular weight excluding hydrogens is 254 g/mol. The zero-order valence-electron chi connectivity index (χ0n) is 10.1. The zero-order chi connectivity index (χ0) is 13.3. The second kappa shape index (κ2) is 4.73. The predicted molar refractivity (Wildman–Crippen MR) is 65.1 cm³/mol. The number of hydrogen-bond donors (Lipinski definition) is 0. The predicted octanol–water partition coefficient (Wildman–Crippen LogP) is 2.37. The number of carbonyl (C=O) groups excluding carboxylic acids is 2.